The fourth-order valence-electron chi connectivity index (χ4n) is 3.09. The molecule has 0 spiro atoms. The topological polar surface area (TPSA) is 26.0 Å². The van der Waals surface area contributed by atoms with Crippen molar-refractivity contribution in [3.05, 3.63) is 0 Å². The van der Waals surface area contributed by atoms with Crippen molar-refractivity contribution >= 4 is 0 Å². The Bertz CT molecular complexity index is 151. The van der Waals surface area contributed by atoms with Crippen molar-refractivity contribution in [2.45, 2.75) is 59.3 Å². The minimum absolute atomic E-state index is 0.446. The van der Waals surface area contributed by atoms with Gasteiger partial charge in [-0.1, -0.05) is 52.9 Å². The van der Waals surface area contributed by atoms with Crippen molar-refractivity contribution in [2.75, 3.05) is 6.54 Å². The van der Waals surface area contributed by atoms with Crippen molar-refractivity contribution in [2.24, 2.45) is 23.0 Å². The zero-order valence-electron chi connectivity index (χ0n) is 10.2. The second-order valence-electron chi connectivity index (χ2n) is 5.95. The maximum atomic E-state index is 5.73. The SMILES string of the molecule is CC(C)(C)C(CCN)C1CCCCC1. The van der Waals surface area contributed by atoms with E-state index < -0.39 is 0 Å². The molecule has 1 rings (SSSR count). The van der Waals surface area contributed by atoms with Crippen LogP contribution in [0.1, 0.15) is 59.3 Å². The Kier molecular flexibility index (Phi) is 4.43. The molecule has 1 saturated carbocycles. The van der Waals surface area contributed by atoms with Gasteiger partial charge in [0.05, 0.1) is 0 Å². The normalized spacial score (nSPS) is 22.3. The smallest absolute Gasteiger partial charge is 0.00743 e. The molecule has 1 atom stereocenters. The van der Waals surface area contributed by atoms with Crippen LogP contribution in [0.15, 0.2) is 0 Å². The molecule has 0 saturated heterocycles. The summed E-state index contributed by atoms with van der Waals surface area (Å²) in [4.78, 5) is 0. The van der Waals surface area contributed by atoms with E-state index in [4.69, 9.17) is 5.73 Å². The molecule has 14 heavy (non-hydrogen) atoms. The lowest BCUT2D eigenvalue weighted by Crippen LogP contribution is -2.31. The van der Waals surface area contributed by atoms with Gasteiger partial charge in [-0.2, -0.15) is 0 Å². The van der Waals surface area contributed by atoms with Crippen LogP contribution in [0.5, 0.6) is 0 Å². The molecule has 1 nitrogen and oxygen atoms in total. The second-order valence-corrected chi connectivity index (χ2v) is 5.95. The molecule has 1 fully saturated rings. The van der Waals surface area contributed by atoms with Crippen LogP contribution in [0.3, 0.4) is 0 Å². The molecular weight excluding hydrogens is 170 g/mol. The third-order valence-electron chi connectivity index (χ3n) is 3.81. The molecule has 0 radical (unpaired) electrons. The maximum Gasteiger partial charge on any atom is -0.00743 e. The largest absolute Gasteiger partial charge is 0.330 e. The van der Waals surface area contributed by atoms with Crippen LogP contribution in [0.25, 0.3) is 0 Å². The molecule has 2 N–H and O–H groups in total. The van der Waals surface area contributed by atoms with Gasteiger partial charge in [-0.05, 0) is 30.2 Å². The van der Waals surface area contributed by atoms with Crippen LogP contribution < -0.4 is 5.73 Å². The van der Waals surface area contributed by atoms with Crippen LogP contribution in [0.4, 0.5) is 0 Å². The highest BCUT2D eigenvalue weighted by Crippen LogP contribution is 2.41. The predicted molar refractivity (Wildman–Crippen MR) is 63.2 cm³/mol. The molecule has 1 aliphatic carbocycles. The molecule has 0 heterocycles. The fraction of sp³-hybridized carbons (Fsp3) is 1.00. The van der Waals surface area contributed by atoms with Gasteiger partial charge < -0.3 is 5.73 Å². The molecule has 1 heteroatoms. The summed E-state index contributed by atoms with van der Waals surface area (Å²) in [6.45, 7) is 7.99. The van der Waals surface area contributed by atoms with Gasteiger partial charge in [0, 0.05) is 0 Å². The highest BCUT2D eigenvalue weighted by atomic mass is 14.5. The zero-order chi connectivity index (χ0) is 10.6. The molecule has 0 aliphatic heterocycles. The van der Waals surface area contributed by atoms with Gasteiger partial charge in [0.2, 0.25) is 0 Å². The average Bonchev–Trinajstić information content (AvgIpc) is 2.14. The number of nitrogens with two attached hydrogens (primary N) is 1. The van der Waals surface area contributed by atoms with Crippen LogP contribution in [0.2, 0.25) is 0 Å². The average molecular weight is 197 g/mol. The molecule has 0 bridgehead atoms. The lowest BCUT2D eigenvalue weighted by molar-refractivity contribution is 0.117. The summed E-state index contributed by atoms with van der Waals surface area (Å²) in [6.07, 6.45) is 8.46. The Morgan fingerprint density at radius 1 is 1.14 bits per heavy atom. The van der Waals surface area contributed by atoms with E-state index in [2.05, 4.69) is 20.8 Å². The van der Waals surface area contributed by atoms with Crippen LogP contribution in [0, 0.1) is 17.3 Å². The van der Waals surface area contributed by atoms with Gasteiger partial charge in [-0.15, -0.1) is 0 Å². The molecule has 0 aromatic rings. The minimum Gasteiger partial charge on any atom is -0.330 e. The van der Waals surface area contributed by atoms with E-state index in [1.807, 2.05) is 0 Å². The summed E-state index contributed by atoms with van der Waals surface area (Å²) in [5, 5.41) is 0. The van der Waals surface area contributed by atoms with Crippen molar-refractivity contribution in [1.29, 1.82) is 0 Å². The summed E-state index contributed by atoms with van der Waals surface area (Å²) in [5.74, 6) is 1.79. The van der Waals surface area contributed by atoms with Crippen LogP contribution >= 0.6 is 0 Å². The van der Waals surface area contributed by atoms with Gasteiger partial charge in [0.15, 0.2) is 0 Å². The quantitative estimate of drug-likeness (QED) is 0.735. The Hall–Kier alpha value is -0.0400. The van der Waals surface area contributed by atoms with Gasteiger partial charge in [-0.25, -0.2) is 0 Å². The van der Waals surface area contributed by atoms with E-state index in [1.165, 1.54) is 38.5 Å². The fourth-order valence-corrected chi connectivity index (χ4v) is 3.09. The first kappa shape index (κ1) is 12.0. The van der Waals surface area contributed by atoms with Crippen molar-refractivity contribution < 1.29 is 0 Å². The van der Waals surface area contributed by atoms with E-state index >= 15 is 0 Å². The Balaban J connectivity index is 2.56. The molecule has 0 aromatic heterocycles. The summed E-state index contributed by atoms with van der Waals surface area (Å²) in [5.41, 5.74) is 6.18. The van der Waals surface area contributed by atoms with Crippen molar-refractivity contribution in [1.82, 2.24) is 0 Å². The maximum absolute atomic E-state index is 5.73. The van der Waals surface area contributed by atoms with Crippen molar-refractivity contribution in [3.8, 4) is 0 Å². The van der Waals surface area contributed by atoms with Crippen LogP contribution in [-0.4, -0.2) is 6.54 Å². The Morgan fingerprint density at radius 2 is 1.71 bits per heavy atom. The third-order valence-corrected chi connectivity index (χ3v) is 3.81. The molecule has 1 unspecified atom stereocenters. The summed E-state index contributed by atoms with van der Waals surface area (Å²) in [7, 11) is 0. The predicted octanol–water partition coefficient (Wildman–Crippen LogP) is 3.58. The minimum atomic E-state index is 0.446. The number of rotatable bonds is 3. The van der Waals surface area contributed by atoms with E-state index in [9.17, 15) is 0 Å². The summed E-state index contributed by atoms with van der Waals surface area (Å²) >= 11 is 0. The summed E-state index contributed by atoms with van der Waals surface area (Å²) in [6, 6.07) is 0. The molecule has 1 aliphatic rings. The first-order valence-electron chi connectivity index (χ1n) is 6.26. The number of hydrogen-bond donors (Lipinski definition) is 1. The standard InChI is InChI=1S/C13H27N/c1-13(2,3)12(9-10-14)11-7-5-4-6-8-11/h11-12H,4-10,14H2,1-3H3. The van der Waals surface area contributed by atoms with E-state index in [-0.39, 0.29) is 0 Å². The summed E-state index contributed by atoms with van der Waals surface area (Å²) < 4.78 is 0. The molecular formula is C13H27N. The van der Waals surface area contributed by atoms with Gasteiger partial charge in [-0.3, -0.25) is 0 Å². The van der Waals surface area contributed by atoms with Gasteiger partial charge >= 0.3 is 0 Å². The molecule has 0 aromatic carbocycles. The van der Waals surface area contributed by atoms with E-state index in [0.29, 0.717) is 5.41 Å². The highest BCUT2D eigenvalue weighted by molar-refractivity contribution is 4.82. The van der Waals surface area contributed by atoms with Crippen molar-refractivity contribution in [3.63, 3.8) is 0 Å². The molecule has 0 amide bonds. The second kappa shape index (κ2) is 5.16. The van der Waals surface area contributed by atoms with E-state index in [0.717, 1.165) is 18.4 Å². The monoisotopic (exact) mass is 197 g/mol. The number of hydrogen-bond acceptors (Lipinski definition) is 1. The van der Waals surface area contributed by atoms with E-state index in [1.54, 1.807) is 0 Å². The first-order valence-corrected chi connectivity index (χ1v) is 6.26. The van der Waals surface area contributed by atoms with Gasteiger partial charge in [0.1, 0.15) is 0 Å². The molecule has 84 valence electrons. The highest BCUT2D eigenvalue weighted by Gasteiger charge is 2.31. The van der Waals surface area contributed by atoms with Crippen LogP contribution in [-0.2, 0) is 0 Å². The first-order chi connectivity index (χ1) is 6.55. The Labute approximate surface area is 89.5 Å². The lowest BCUT2D eigenvalue weighted by atomic mass is 9.67. The third kappa shape index (κ3) is 3.27. The Morgan fingerprint density at radius 3 is 2.14 bits per heavy atom. The van der Waals surface area contributed by atoms with Gasteiger partial charge in [0.25, 0.3) is 0 Å². The zero-order valence-corrected chi connectivity index (χ0v) is 10.2. The lowest BCUT2D eigenvalue weighted by Gasteiger charge is -2.39.